The van der Waals surface area contributed by atoms with E-state index in [0.29, 0.717) is 0 Å². The molecule has 2 atom stereocenters. The third-order valence-corrected chi connectivity index (χ3v) is 6.10. The Morgan fingerprint density at radius 2 is 1.91 bits per heavy atom. The van der Waals surface area contributed by atoms with E-state index in [1.807, 2.05) is 24.4 Å². The van der Waals surface area contributed by atoms with Crippen LogP contribution in [0.5, 0.6) is 0 Å². The number of halogens is 1. The summed E-state index contributed by atoms with van der Waals surface area (Å²) in [6.07, 6.45) is 8.62. The number of hydrogen-bond donors (Lipinski definition) is 0. The molecule has 4 aromatic rings. The zero-order chi connectivity index (χ0) is 22.2. The van der Waals surface area contributed by atoms with E-state index in [1.54, 1.807) is 12.5 Å². The minimum absolute atomic E-state index is 0.0226. The van der Waals surface area contributed by atoms with Crippen molar-refractivity contribution in [2.75, 3.05) is 0 Å². The monoisotopic (exact) mass is 425 g/mol. The Morgan fingerprint density at radius 3 is 2.75 bits per heavy atom. The van der Waals surface area contributed by atoms with Crippen LogP contribution in [0.2, 0.25) is 0 Å². The lowest BCUT2D eigenvalue weighted by atomic mass is 9.97. The van der Waals surface area contributed by atoms with Gasteiger partial charge >= 0.3 is 0 Å². The summed E-state index contributed by atoms with van der Waals surface area (Å²) in [4.78, 5) is 11.0. The summed E-state index contributed by atoms with van der Waals surface area (Å²) in [6.45, 7) is 6.33. The van der Waals surface area contributed by atoms with Gasteiger partial charge in [0, 0.05) is 29.1 Å². The molecule has 1 unspecified atom stereocenters. The van der Waals surface area contributed by atoms with Gasteiger partial charge in [0.05, 0.1) is 18.5 Å². The van der Waals surface area contributed by atoms with E-state index in [4.69, 9.17) is 4.42 Å². The maximum absolute atomic E-state index is 13.7. The average Bonchev–Trinajstić information content (AvgIpc) is 3.18. The van der Waals surface area contributed by atoms with Crippen LogP contribution in [0.3, 0.4) is 0 Å². The third kappa shape index (κ3) is 3.60. The van der Waals surface area contributed by atoms with Gasteiger partial charge in [-0.15, -0.1) is 0 Å². The molecule has 4 nitrogen and oxygen atoms in total. The second kappa shape index (κ2) is 8.08. The van der Waals surface area contributed by atoms with Gasteiger partial charge in [0.2, 0.25) is 0 Å². The number of aliphatic imine (C=N–C) groups is 1. The molecule has 0 spiro atoms. The fraction of sp³-hybridized carbons (Fsp3) is 0.185. The molecule has 1 aliphatic rings. The van der Waals surface area contributed by atoms with E-state index in [-0.39, 0.29) is 18.0 Å². The minimum atomic E-state index is -0.338. The summed E-state index contributed by atoms with van der Waals surface area (Å²) >= 11 is 0. The number of aryl methyl sites for hydroxylation is 1. The third-order valence-electron chi connectivity index (χ3n) is 6.10. The molecule has 2 aromatic heterocycles. The van der Waals surface area contributed by atoms with Crippen LogP contribution in [0.1, 0.15) is 36.6 Å². The molecule has 5 rings (SSSR count). The highest BCUT2D eigenvalue weighted by Gasteiger charge is 2.26. The zero-order valence-electron chi connectivity index (χ0n) is 18.3. The predicted molar refractivity (Wildman–Crippen MR) is 127 cm³/mol. The maximum Gasteiger partial charge on any atom is 0.142 e. The number of rotatable bonds is 4. The van der Waals surface area contributed by atoms with E-state index in [9.17, 15) is 4.39 Å². The van der Waals surface area contributed by atoms with Crippen molar-refractivity contribution in [2.24, 2.45) is 4.99 Å². The molecule has 0 aliphatic carbocycles. The van der Waals surface area contributed by atoms with Crippen molar-refractivity contribution < 1.29 is 8.81 Å². The number of benzene rings is 2. The normalized spacial score (nSPS) is 16.9. The Labute approximate surface area is 186 Å². The molecule has 0 radical (unpaired) electrons. The summed E-state index contributed by atoms with van der Waals surface area (Å²) in [5.41, 5.74) is 7.08. The van der Waals surface area contributed by atoms with Crippen molar-refractivity contribution in [3.63, 3.8) is 0 Å². The van der Waals surface area contributed by atoms with Gasteiger partial charge < -0.3 is 9.32 Å². The second-order valence-corrected chi connectivity index (χ2v) is 8.21. The van der Waals surface area contributed by atoms with E-state index >= 15 is 0 Å². The van der Waals surface area contributed by atoms with Crippen LogP contribution in [0, 0.1) is 12.7 Å². The SMILES string of the molecule is Cc1coc2ccc(C3=CC=NC(C)N3[C@@H](C)c3cccc(-c4cncc(F)c4)c3)cc12. The highest BCUT2D eigenvalue weighted by atomic mass is 19.1. The highest BCUT2D eigenvalue weighted by Crippen LogP contribution is 2.36. The van der Waals surface area contributed by atoms with E-state index < -0.39 is 0 Å². The summed E-state index contributed by atoms with van der Waals surface area (Å²) in [6, 6.07) is 16.1. The van der Waals surface area contributed by atoms with Crippen LogP contribution in [-0.4, -0.2) is 22.3 Å². The lowest BCUT2D eigenvalue weighted by Gasteiger charge is -2.38. The predicted octanol–water partition coefficient (Wildman–Crippen LogP) is 6.78. The molecule has 0 bridgehead atoms. The molecule has 32 heavy (non-hydrogen) atoms. The summed E-state index contributed by atoms with van der Waals surface area (Å²) in [5.74, 6) is -0.338. The average molecular weight is 426 g/mol. The minimum Gasteiger partial charge on any atom is -0.464 e. The fourth-order valence-electron chi connectivity index (χ4n) is 4.40. The Kier molecular flexibility index (Phi) is 5.10. The van der Waals surface area contributed by atoms with Crippen molar-refractivity contribution in [3.05, 3.63) is 95.8 Å². The molecule has 1 aliphatic heterocycles. The molecule has 0 fully saturated rings. The molecule has 0 amide bonds. The van der Waals surface area contributed by atoms with Crippen LogP contribution in [0.25, 0.3) is 27.8 Å². The van der Waals surface area contributed by atoms with Crippen molar-refractivity contribution in [3.8, 4) is 11.1 Å². The van der Waals surface area contributed by atoms with Crippen LogP contribution in [0.15, 0.2) is 82.7 Å². The van der Waals surface area contributed by atoms with Gasteiger partial charge in [-0.05, 0) is 79.4 Å². The van der Waals surface area contributed by atoms with E-state index in [1.165, 1.54) is 12.3 Å². The highest BCUT2D eigenvalue weighted by molar-refractivity contribution is 5.90. The second-order valence-electron chi connectivity index (χ2n) is 8.21. The van der Waals surface area contributed by atoms with Gasteiger partial charge in [-0.1, -0.05) is 18.2 Å². The first-order valence-electron chi connectivity index (χ1n) is 10.7. The largest absolute Gasteiger partial charge is 0.464 e. The Morgan fingerprint density at radius 1 is 1.03 bits per heavy atom. The molecule has 5 heteroatoms. The molecule has 3 heterocycles. The van der Waals surface area contributed by atoms with Crippen molar-refractivity contribution in [1.29, 1.82) is 0 Å². The number of aromatic nitrogens is 1. The van der Waals surface area contributed by atoms with Crippen LogP contribution >= 0.6 is 0 Å². The Hall–Kier alpha value is -3.73. The first-order chi connectivity index (χ1) is 15.5. The Bertz CT molecular complexity index is 1350. The van der Waals surface area contributed by atoms with E-state index in [0.717, 1.165) is 44.5 Å². The summed E-state index contributed by atoms with van der Waals surface area (Å²) in [7, 11) is 0. The molecular weight excluding hydrogens is 401 g/mol. The van der Waals surface area contributed by atoms with Gasteiger partial charge in [0.1, 0.15) is 17.6 Å². The van der Waals surface area contributed by atoms with Crippen molar-refractivity contribution in [2.45, 2.75) is 33.0 Å². The molecule has 0 saturated carbocycles. The fourth-order valence-corrected chi connectivity index (χ4v) is 4.40. The number of allylic oxidation sites excluding steroid dienone is 1. The first kappa shape index (κ1) is 20.2. The first-order valence-corrected chi connectivity index (χ1v) is 10.7. The molecule has 2 aromatic carbocycles. The number of furan rings is 1. The molecule has 0 N–H and O–H groups in total. The number of fused-ring (bicyclic) bond motifs is 1. The van der Waals surface area contributed by atoms with Gasteiger partial charge in [-0.2, -0.15) is 0 Å². The molecular formula is C27H24FN3O. The van der Waals surface area contributed by atoms with Crippen molar-refractivity contribution in [1.82, 2.24) is 9.88 Å². The van der Waals surface area contributed by atoms with Crippen LogP contribution in [-0.2, 0) is 0 Å². The molecule has 160 valence electrons. The van der Waals surface area contributed by atoms with Crippen LogP contribution < -0.4 is 0 Å². The Balaban J connectivity index is 1.53. The summed E-state index contributed by atoms with van der Waals surface area (Å²) < 4.78 is 19.3. The zero-order valence-corrected chi connectivity index (χ0v) is 18.3. The van der Waals surface area contributed by atoms with E-state index in [2.05, 4.69) is 66.0 Å². The summed E-state index contributed by atoms with van der Waals surface area (Å²) in [5, 5.41) is 1.12. The van der Waals surface area contributed by atoms with Gasteiger partial charge in [0.25, 0.3) is 0 Å². The van der Waals surface area contributed by atoms with Crippen LogP contribution in [0.4, 0.5) is 4.39 Å². The van der Waals surface area contributed by atoms with Gasteiger partial charge in [0.15, 0.2) is 0 Å². The molecule has 0 saturated heterocycles. The number of hydrogen-bond acceptors (Lipinski definition) is 4. The smallest absolute Gasteiger partial charge is 0.142 e. The standard InChI is InChI=1S/C27H24FN3O/c1-17-16-32-27-8-7-22(13-25(17)27)26-9-10-30-19(3)31(26)18(2)20-5-4-6-21(11-20)23-12-24(28)15-29-14-23/h4-16,18-19H,1-3H3/t18-,19?/m0/s1. The van der Waals surface area contributed by atoms with Crippen molar-refractivity contribution >= 4 is 22.9 Å². The maximum atomic E-state index is 13.7. The topological polar surface area (TPSA) is 41.6 Å². The number of nitrogens with zero attached hydrogens (tertiary/aromatic N) is 3. The lowest BCUT2D eigenvalue weighted by molar-refractivity contribution is 0.252. The quantitative estimate of drug-likeness (QED) is 0.362. The van der Waals surface area contributed by atoms with Gasteiger partial charge in [-0.25, -0.2) is 4.39 Å². The number of pyridine rings is 1. The van der Waals surface area contributed by atoms with Gasteiger partial charge in [-0.3, -0.25) is 9.98 Å². The lowest BCUT2D eigenvalue weighted by Crippen LogP contribution is -2.34.